The zero-order valence-electron chi connectivity index (χ0n) is 9.78. The van der Waals surface area contributed by atoms with Crippen molar-refractivity contribution in [2.75, 3.05) is 39.9 Å². The van der Waals surface area contributed by atoms with Gasteiger partial charge in [-0.2, -0.15) is 0 Å². The molecule has 0 aromatic rings. The zero-order valence-corrected chi connectivity index (χ0v) is 9.78. The normalized spacial score (nSPS) is 29.7. The van der Waals surface area contributed by atoms with Crippen LogP contribution in [0.25, 0.3) is 0 Å². The number of nitrogens with zero attached hydrogens (tertiary/aromatic N) is 1. The first kappa shape index (κ1) is 11.7. The van der Waals surface area contributed by atoms with E-state index in [0.29, 0.717) is 32.2 Å². The highest BCUT2D eigenvalue weighted by Crippen LogP contribution is 2.29. The predicted octanol–water partition coefficient (Wildman–Crippen LogP) is 0.453. The molecule has 2 aliphatic rings. The van der Waals surface area contributed by atoms with Gasteiger partial charge >= 0.3 is 6.09 Å². The SMILES string of the molecule is CNCC1CC(OC(=O)N2CCOCC2)C1. The average Bonchev–Trinajstić information content (AvgIpc) is 2.27. The number of hydrogen-bond donors (Lipinski definition) is 1. The van der Waals surface area contributed by atoms with Gasteiger partial charge in [0, 0.05) is 13.1 Å². The first-order valence-electron chi connectivity index (χ1n) is 5.97. The number of ether oxygens (including phenoxy) is 2. The van der Waals surface area contributed by atoms with Crippen molar-refractivity contribution < 1.29 is 14.3 Å². The minimum absolute atomic E-state index is 0.133. The molecule has 1 saturated carbocycles. The van der Waals surface area contributed by atoms with Gasteiger partial charge in [-0.3, -0.25) is 0 Å². The fraction of sp³-hybridized carbons (Fsp3) is 0.909. The van der Waals surface area contributed by atoms with Crippen LogP contribution in [-0.2, 0) is 9.47 Å². The number of rotatable bonds is 3. The largest absolute Gasteiger partial charge is 0.446 e. The van der Waals surface area contributed by atoms with E-state index in [4.69, 9.17) is 9.47 Å². The Labute approximate surface area is 96.1 Å². The fourth-order valence-corrected chi connectivity index (χ4v) is 2.19. The third-order valence-corrected chi connectivity index (χ3v) is 3.22. The summed E-state index contributed by atoms with van der Waals surface area (Å²) in [7, 11) is 1.95. The number of carbonyl (C=O) groups is 1. The Morgan fingerprint density at radius 3 is 2.75 bits per heavy atom. The van der Waals surface area contributed by atoms with Gasteiger partial charge in [0.05, 0.1) is 13.2 Å². The van der Waals surface area contributed by atoms with Crippen molar-refractivity contribution in [2.45, 2.75) is 18.9 Å². The van der Waals surface area contributed by atoms with Crippen LogP contribution in [0.4, 0.5) is 4.79 Å². The van der Waals surface area contributed by atoms with Gasteiger partial charge in [0.15, 0.2) is 0 Å². The van der Waals surface area contributed by atoms with E-state index in [1.165, 1.54) is 0 Å². The van der Waals surface area contributed by atoms with Crippen LogP contribution in [0, 0.1) is 5.92 Å². The van der Waals surface area contributed by atoms with E-state index in [0.717, 1.165) is 19.4 Å². The summed E-state index contributed by atoms with van der Waals surface area (Å²) < 4.78 is 10.6. The lowest BCUT2D eigenvalue weighted by molar-refractivity contribution is -0.0208. The molecule has 0 spiro atoms. The molecule has 16 heavy (non-hydrogen) atoms. The van der Waals surface area contributed by atoms with E-state index >= 15 is 0 Å². The third-order valence-electron chi connectivity index (χ3n) is 3.22. The lowest BCUT2D eigenvalue weighted by Gasteiger charge is -2.36. The third kappa shape index (κ3) is 2.86. The summed E-state index contributed by atoms with van der Waals surface area (Å²) in [5.74, 6) is 0.674. The summed E-state index contributed by atoms with van der Waals surface area (Å²) in [5, 5.41) is 3.14. The Bertz CT molecular complexity index is 235. The molecule has 1 aliphatic carbocycles. The molecule has 1 N–H and O–H groups in total. The van der Waals surface area contributed by atoms with Crippen molar-refractivity contribution >= 4 is 6.09 Å². The Hall–Kier alpha value is -0.810. The van der Waals surface area contributed by atoms with Gasteiger partial charge in [0.1, 0.15) is 6.10 Å². The second kappa shape index (κ2) is 5.50. The Morgan fingerprint density at radius 1 is 1.44 bits per heavy atom. The molecule has 1 saturated heterocycles. The summed E-state index contributed by atoms with van der Waals surface area (Å²) in [5.41, 5.74) is 0. The lowest BCUT2D eigenvalue weighted by Crippen LogP contribution is -2.45. The molecular formula is C11H20N2O3. The molecule has 1 amide bonds. The fourth-order valence-electron chi connectivity index (χ4n) is 2.19. The summed E-state index contributed by atoms with van der Waals surface area (Å²) in [6.45, 7) is 3.59. The van der Waals surface area contributed by atoms with E-state index in [1.807, 2.05) is 7.05 Å². The molecule has 0 radical (unpaired) electrons. The molecule has 92 valence electrons. The maximum Gasteiger partial charge on any atom is 0.410 e. The second-order valence-electron chi connectivity index (χ2n) is 4.50. The van der Waals surface area contributed by atoms with Crippen molar-refractivity contribution in [1.82, 2.24) is 10.2 Å². The van der Waals surface area contributed by atoms with Gasteiger partial charge in [0.2, 0.25) is 0 Å². The smallest absolute Gasteiger partial charge is 0.410 e. The van der Waals surface area contributed by atoms with Gasteiger partial charge < -0.3 is 19.7 Å². The summed E-state index contributed by atoms with van der Waals surface area (Å²) >= 11 is 0. The van der Waals surface area contributed by atoms with Crippen molar-refractivity contribution in [3.8, 4) is 0 Å². The van der Waals surface area contributed by atoms with Crippen molar-refractivity contribution in [3.63, 3.8) is 0 Å². The number of morpholine rings is 1. The van der Waals surface area contributed by atoms with Crippen molar-refractivity contribution in [3.05, 3.63) is 0 Å². The maximum absolute atomic E-state index is 11.7. The van der Waals surface area contributed by atoms with E-state index in [9.17, 15) is 4.79 Å². The molecule has 0 unspecified atom stereocenters. The molecule has 0 bridgehead atoms. The molecule has 5 heteroatoms. The quantitative estimate of drug-likeness (QED) is 0.762. The average molecular weight is 228 g/mol. The maximum atomic E-state index is 11.7. The number of amides is 1. The van der Waals surface area contributed by atoms with Crippen molar-refractivity contribution in [2.24, 2.45) is 5.92 Å². The molecule has 2 fully saturated rings. The van der Waals surface area contributed by atoms with Crippen LogP contribution in [0.15, 0.2) is 0 Å². The first-order valence-corrected chi connectivity index (χ1v) is 5.97. The Balaban J connectivity index is 1.64. The summed E-state index contributed by atoms with van der Waals surface area (Å²) in [6, 6.07) is 0. The molecule has 0 aromatic heterocycles. The van der Waals surface area contributed by atoms with E-state index < -0.39 is 0 Å². The molecule has 1 aliphatic heterocycles. The molecule has 5 nitrogen and oxygen atoms in total. The highest BCUT2D eigenvalue weighted by molar-refractivity contribution is 5.68. The predicted molar refractivity (Wildman–Crippen MR) is 59.3 cm³/mol. The van der Waals surface area contributed by atoms with Crippen LogP contribution in [0.5, 0.6) is 0 Å². The minimum atomic E-state index is -0.170. The zero-order chi connectivity index (χ0) is 11.4. The van der Waals surface area contributed by atoms with Crippen LogP contribution < -0.4 is 5.32 Å². The Morgan fingerprint density at radius 2 is 2.12 bits per heavy atom. The standard InChI is InChI=1S/C11H20N2O3/c1-12-8-9-6-10(7-9)16-11(14)13-2-4-15-5-3-13/h9-10,12H,2-8H2,1H3. The Kier molecular flexibility index (Phi) is 4.01. The number of carbonyl (C=O) groups excluding carboxylic acids is 1. The lowest BCUT2D eigenvalue weighted by atomic mass is 9.82. The van der Waals surface area contributed by atoms with Crippen LogP contribution in [0.1, 0.15) is 12.8 Å². The first-order chi connectivity index (χ1) is 7.79. The van der Waals surface area contributed by atoms with Crippen LogP contribution >= 0.6 is 0 Å². The summed E-state index contributed by atoms with van der Waals surface area (Å²) in [4.78, 5) is 13.4. The molecule has 1 heterocycles. The van der Waals surface area contributed by atoms with Crippen LogP contribution in [-0.4, -0.2) is 57.0 Å². The molecule has 0 aromatic carbocycles. The van der Waals surface area contributed by atoms with Gasteiger partial charge in [-0.1, -0.05) is 0 Å². The monoisotopic (exact) mass is 228 g/mol. The van der Waals surface area contributed by atoms with E-state index in [1.54, 1.807) is 4.90 Å². The van der Waals surface area contributed by atoms with Gasteiger partial charge in [0.25, 0.3) is 0 Å². The number of nitrogens with one attached hydrogen (secondary N) is 1. The van der Waals surface area contributed by atoms with Gasteiger partial charge in [-0.15, -0.1) is 0 Å². The second-order valence-corrected chi connectivity index (χ2v) is 4.50. The highest BCUT2D eigenvalue weighted by Gasteiger charge is 2.32. The van der Waals surface area contributed by atoms with Crippen molar-refractivity contribution in [1.29, 1.82) is 0 Å². The molecule has 0 atom stereocenters. The van der Waals surface area contributed by atoms with Gasteiger partial charge in [-0.05, 0) is 32.4 Å². The minimum Gasteiger partial charge on any atom is -0.446 e. The van der Waals surface area contributed by atoms with Gasteiger partial charge in [-0.25, -0.2) is 4.79 Å². The molecule has 2 rings (SSSR count). The van der Waals surface area contributed by atoms with E-state index in [-0.39, 0.29) is 12.2 Å². The summed E-state index contributed by atoms with van der Waals surface area (Å²) in [6.07, 6.45) is 1.96. The molecular weight excluding hydrogens is 208 g/mol. The van der Waals surface area contributed by atoms with E-state index in [2.05, 4.69) is 5.32 Å². The topological polar surface area (TPSA) is 50.8 Å². The van der Waals surface area contributed by atoms with Crippen LogP contribution in [0.2, 0.25) is 0 Å². The van der Waals surface area contributed by atoms with Crippen LogP contribution in [0.3, 0.4) is 0 Å². The number of hydrogen-bond acceptors (Lipinski definition) is 4. The highest BCUT2D eigenvalue weighted by atomic mass is 16.6.